The van der Waals surface area contributed by atoms with E-state index < -0.39 is 0 Å². The summed E-state index contributed by atoms with van der Waals surface area (Å²) in [6.45, 7) is 3.20. The first-order chi connectivity index (χ1) is 13.8. The minimum atomic E-state index is 0. The summed E-state index contributed by atoms with van der Waals surface area (Å²) in [5.74, 6) is 0. The molecule has 29 heavy (non-hydrogen) atoms. The van der Waals surface area contributed by atoms with Gasteiger partial charge in [-0.25, -0.2) is 0 Å². The maximum atomic E-state index is 4.46. The number of rotatable bonds is 8. The summed E-state index contributed by atoms with van der Waals surface area (Å²) in [6, 6.07) is 19.8. The van der Waals surface area contributed by atoms with Gasteiger partial charge in [0.05, 0.1) is 5.52 Å². The SMILES string of the molecule is C[C@H](CCCCc1ccnc2ccccc12)NCc1ccc2cnccc2c1.Cl. The lowest BCUT2D eigenvalue weighted by atomic mass is 10.0. The Bertz CT molecular complexity index is 1060. The van der Waals surface area contributed by atoms with Crippen LogP contribution in [0.1, 0.15) is 37.3 Å². The minimum Gasteiger partial charge on any atom is -0.310 e. The van der Waals surface area contributed by atoms with E-state index in [0.29, 0.717) is 6.04 Å². The van der Waals surface area contributed by atoms with E-state index in [-0.39, 0.29) is 12.4 Å². The molecule has 0 aliphatic heterocycles. The van der Waals surface area contributed by atoms with E-state index in [1.807, 2.05) is 18.6 Å². The van der Waals surface area contributed by atoms with Gasteiger partial charge in [0.1, 0.15) is 0 Å². The number of benzene rings is 2. The number of pyridine rings is 2. The zero-order valence-electron chi connectivity index (χ0n) is 16.8. The third-order valence-corrected chi connectivity index (χ3v) is 5.43. The van der Waals surface area contributed by atoms with Gasteiger partial charge < -0.3 is 5.32 Å². The molecular weight excluding hydrogens is 378 g/mol. The van der Waals surface area contributed by atoms with E-state index in [2.05, 4.69) is 76.8 Å². The van der Waals surface area contributed by atoms with E-state index >= 15 is 0 Å². The Morgan fingerprint density at radius 1 is 0.931 bits per heavy atom. The molecule has 0 radical (unpaired) electrons. The van der Waals surface area contributed by atoms with Gasteiger partial charge in [-0.05, 0) is 67.0 Å². The van der Waals surface area contributed by atoms with Gasteiger partial charge in [-0.15, -0.1) is 12.4 Å². The summed E-state index contributed by atoms with van der Waals surface area (Å²) in [7, 11) is 0. The number of nitrogens with one attached hydrogen (secondary N) is 1. The van der Waals surface area contributed by atoms with Crippen LogP contribution in [-0.2, 0) is 13.0 Å². The van der Waals surface area contributed by atoms with Crippen molar-refractivity contribution < 1.29 is 0 Å². The molecule has 0 aliphatic carbocycles. The van der Waals surface area contributed by atoms with Crippen LogP contribution in [0.25, 0.3) is 21.7 Å². The van der Waals surface area contributed by atoms with Crippen molar-refractivity contribution in [2.75, 3.05) is 0 Å². The van der Waals surface area contributed by atoms with Crippen molar-refractivity contribution in [2.45, 2.75) is 45.2 Å². The first-order valence-electron chi connectivity index (χ1n) is 10.2. The number of nitrogens with zero attached hydrogens (tertiary/aromatic N) is 2. The number of hydrogen-bond donors (Lipinski definition) is 1. The summed E-state index contributed by atoms with van der Waals surface area (Å²) in [5.41, 5.74) is 3.84. The van der Waals surface area contributed by atoms with Crippen LogP contribution in [0.3, 0.4) is 0 Å². The highest BCUT2D eigenvalue weighted by atomic mass is 35.5. The van der Waals surface area contributed by atoms with Crippen LogP contribution in [0.15, 0.2) is 73.2 Å². The van der Waals surface area contributed by atoms with Crippen molar-refractivity contribution in [1.29, 1.82) is 0 Å². The van der Waals surface area contributed by atoms with Crippen LogP contribution in [0.4, 0.5) is 0 Å². The maximum absolute atomic E-state index is 4.46. The van der Waals surface area contributed by atoms with E-state index in [1.54, 1.807) is 0 Å². The first kappa shape index (κ1) is 21.2. The molecule has 4 rings (SSSR count). The average molecular weight is 406 g/mol. The summed E-state index contributed by atoms with van der Waals surface area (Å²) in [4.78, 5) is 8.63. The molecule has 150 valence electrons. The van der Waals surface area contributed by atoms with Crippen LogP contribution in [-0.4, -0.2) is 16.0 Å². The molecule has 2 aromatic carbocycles. The highest BCUT2D eigenvalue weighted by Crippen LogP contribution is 2.19. The van der Waals surface area contributed by atoms with Crippen molar-refractivity contribution in [3.05, 3.63) is 84.3 Å². The van der Waals surface area contributed by atoms with Crippen molar-refractivity contribution in [1.82, 2.24) is 15.3 Å². The Morgan fingerprint density at radius 3 is 2.76 bits per heavy atom. The standard InChI is InChI=1S/C25H27N3.ClH/c1-19(28-17-20-10-11-23-18-26-14-12-22(23)16-20)6-2-3-7-21-13-15-27-25-9-5-4-8-24(21)25;/h4-5,8-16,18-19,28H,2-3,6-7,17H2,1H3;1H/t19-;/m1./s1. The lowest BCUT2D eigenvalue weighted by molar-refractivity contribution is 0.489. The topological polar surface area (TPSA) is 37.8 Å². The molecule has 0 spiro atoms. The van der Waals surface area contributed by atoms with Crippen molar-refractivity contribution in [3.63, 3.8) is 0 Å². The fraction of sp³-hybridized carbons (Fsp3) is 0.280. The summed E-state index contributed by atoms with van der Waals surface area (Å²) in [5, 5.41) is 7.41. The Hall–Kier alpha value is -2.49. The second-order valence-electron chi connectivity index (χ2n) is 7.57. The molecule has 0 amide bonds. The average Bonchev–Trinajstić information content (AvgIpc) is 2.75. The second kappa shape index (κ2) is 10.3. The van der Waals surface area contributed by atoms with Gasteiger partial charge in [0.15, 0.2) is 0 Å². The highest BCUT2D eigenvalue weighted by molar-refractivity contribution is 5.85. The van der Waals surface area contributed by atoms with Crippen LogP contribution in [0.5, 0.6) is 0 Å². The van der Waals surface area contributed by atoms with Gasteiger partial charge in [0.25, 0.3) is 0 Å². The van der Waals surface area contributed by atoms with Crippen molar-refractivity contribution in [3.8, 4) is 0 Å². The van der Waals surface area contributed by atoms with E-state index in [1.165, 1.54) is 46.5 Å². The molecule has 2 aromatic heterocycles. The Labute approximate surface area is 179 Å². The molecule has 1 atom stereocenters. The second-order valence-corrected chi connectivity index (χ2v) is 7.57. The fourth-order valence-electron chi connectivity index (χ4n) is 3.78. The molecular formula is C25H28ClN3. The predicted octanol–water partition coefficient (Wildman–Crippen LogP) is 6.10. The molecule has 0 saturated heterocycles. The number of aromatic nitrogens is 2. The van der Waals surface area contributed by atoms with E-state index in [0.717, 1.165) is 18.5 Å². The Kier molecular flexibility index (Phi) is 7.56. The van der Waals surface area contributed by atoms with Crippen LogP contribution in [0, 0.1) is 0 Å². The molecule has 1 N–H and O–H groups in total. The van der Waals surface area contributed by atoms with Gasteiger partial charge in [-0.2, -0.15) is 0 Å². The summed E-state index contributed by atoms with van der Waals surface area (Å²) >= 11 is 0. The predicted molar refractivity (Wildman–Crippen MR) is 125 cm³/mol. The van der Waals surface area contributed by atoms with E-state index in [4.69, 9.17) is 0 Å². The maximum Gasteiger partial charge on any atom is 0.0704 e. The number of unbranched alkanes of at least 4 members (excludes halogenated alkanes) is 1. The number of hydrogen-bond acceptors (Lipinski definition) is 3. The van der Waals surface area contributed by atoms with Gasteiger partial charge in [0, 0.05) is 41.9 Å². The van der Waals surface area contributed by atoms with E-state index in [9.17, 15) is 0 Å². The summed E-state index contributed by atoms with van der Waals surface area (Å²) < 4.78 is 0. The smallest absolute Gasteiger partial charge is 0.0704 e. The molecule has 2 heterocycles. The minimum absolute atomic E-state index is 0. The monoisotopic (exact) mass is 405 g/mol. The molecule has 3 nitrogen and oxygen atoms in total. The Balaban J connectivity index is 0.00000240. The highest BCUT2D eigenvalue weighted by Gasteiger charge is 2.05. The molecule has 0 aliphatic rings. The first-order valence-corrected chi connectivity index (χ1v) is 10.2. The Morgan fingerprint density at radius 2 is 1.83 bits per heavy atom. The van der Waals surface area contributed by atoms with Crippen molar-refractivity contribution in [2.24, 2.45) is 0 Å². The molecule has 0 fully saturated rings. The lowest BCUT2D eigenvalue weighted by Gasteiger charge is -2.14. The van der Waals surface area contributed by atoms with Crippen molar-refractivity contribution >= 4 is 34.1 Å². The zero-order valence-corrected chi connectivity index (χ0v) is 17.7. The molecule has 4 aromatic rings. The van der Waals surface area contributed by atoms with Crippen LogP contribution < -0.4 is 5.32 Å². The third kappa shape index (κ3) is 5.53. The largest absolute Gasteiger partial charge is 0.310 e. The number of halogens is 1. The molecule has 0 unspecified atom stereocenters. The quantitative estimate of drug-likeness (QED) is 0.360. The molecule has 0 bridgehead atoms. The fourth-order valence-corrected chi connectivity index (χ4v) is 3.78. The van der Waals surface area contributed by atoms with Gasteiger partial charge in [-0.1, -0.05) is 36.8 Å². The van der Waals surface area contributed by atoms with Crippen LogP contribution in [0.2, 0.25) is 0 Å². The van der Waals surface area contributed by atoms with Gasteiger partial charge >= 0.3 is 0 Å². The van der Waals surface area contributed by atoms with Crippen LogP contribution >= 0.6 is 12.4 Å². The number of para-hydroxylation sites is 1. The summed E-state index contributed by atoms with van der Waals surface area (Å²) in [6.07, 6.45) is 10.5. The lowest BCUT2D eigenvalue weighted by Crippen LogP contribution is -2.25. The zero-order chi connectivity index (χ0) is 19.2. The number of fused-ring (bicyclic) bond motifs is 2. The van der Waals surface area contributed by atoms with Gasteiger partial charge in [-0.3, -0.25) is 9.97 Å². The molecule has 4 heteroatoms. The number of aryl methyl sites for hydroxylation is 1. The normalized spacial score (nSPS) is 12.0. The molecule has 0 saturated carbocycles. The third-order valence-electron chi connectivity index (χ3n) is 5.43. The van der Waals surface area contributed by atoms with Gasteiger partial charge in [0.2, 0.25) is 0 Å².